The first kappa shape index (κ1) is 21.1. The van der Waals surface area contributed by atoms with Gasteiger partial charge in [-0.1, -0.05) is 23.2 Å². The predicted octanol–water partition coefficient (Wildman–Crippen LogP) is 6.75. The lowest BCUT2D eigenvalue weighted by Gasteiger charge is -2.06. The smallest absolute Gasteiger partial charge is 0.257 e. The van der Waals surface area contributed by atoms with Crippen LogP contribution in [-0.4, -0.2) is 10.9 Å². The molecule has 11 heteroatoms. The van der Waals surface area contributed by atoms with Crippen molar-refractivity contribution in [2.45, 2.75) is 0 Å². The van der Waals surface area contributed by atoms with Crippen LogP contribution in [0.25, 0.3) is 22.6 Å². The fourth-order valence-electron chi connectivity index (χ4n) is 2.78. The Morgan fingerprint density at radius 3 is 2.16 bits per heavy atom. The molecule has 1 heterocycles. The Morgan fingerprint density at radius 1 is 0.871 bits per heavy atom. The highest BCUT2D eigenvalue weighted by atomic mass is 35.5. The van der Waals surface area contributed by atoms with Gasteiger partial charge >= 0.3 is 0 Å². The number of aromatic nitrogens is 1. The molecule has 0 bridgehead atoms. The van der Waals surface area contributed by atoms with Crippen LogP contribution < -0.4 is 5.32 Å². The van der Waals surface area contributed by atoms with Crippen molar-refractivity contribution in [1.29, 1.82) is 0 Å². The fourth-order valence-corrected chi connectivity index (χ4v) is 3.27. The van der Waals surface area contributed by atoms with Crippen molar-refractivity contribution in [1.82, 2.24) is 4.98 Å². The molecule has 31 heavy (non-hydrogen) atoms. The zero-order valence-corrected chi connectivity index (χ0v) is 16.4. The van der Waals surface area contributed by atoms with E-state index in [1.165, 1.54) is 36.4 Å². The van der Waals surface area contributed by atoms with Crippen molar-refractivity contribution < 1.29 is 31.2 Å². The maximum absolute atomic E-state index is 14.0. The Morgan fingerprint density at radius 2 is 1.52 bits per heavy atom. The molecular weight excluding hydrogens is 466 g/mol. The molecule has 0 aliphatic heterocycles. The molecule has 0 saturated carbocycles. The molecule has 0 aliphatic rings. The summed E-state index contributed by atoms with van der Waals surface area (Å²) < 4.78 is 73.4. The van der Waals surface area contributed by atoms with Crippen LogP contribution in [0.15, 0.2) is 40.8 Å². The van der Waals surface area contributed by atoms with Gasteiger partial charge < -0.3 is 9.73 Å². The summed E-state index contributed by atoms with van der Waals surface area (Å²) in [6.07, 6.45) is 0. The lowest BCUT2D eigenvalue weighted by molar-refractivity contribution is 0.102. The van der Waals surface area contributed by atoms with Crippen molar-refractivity contribution in [3.63, 3.8) is 0 Å². The van der Waals surface area contributed by atoms with E-state index in [9.17, 15) is 26.7 Å². The minimum atomic E-state index is -2.29. The average Bonchev–Trinajstić information content (AvgIpc) is 3.13. The van der Waals surface area contributed by atoms with Crippen LogP contribution in [0.4, 0.5) is 27.6 Å². The van der Waals surface area contributed by atoms with E-state index in [4.69, 9.17) is 27.6 Å². The molecule has 0 atom stereocenters. The van der Waals surface area contributed by atoms with Gasteiger partial charge in [0.2, 0.25) is 11.7 Å². The van der Waals surface area contributed by atoms with Gasteiger partial charge in [-0.3, -0.25) is 4.79 Å². The predicted molar refractivity (Wildman–Crippen MR) is 104 cm³/mol. The Bertz CT molecular complexity index is 1340. The number of nitrogens with one attached hydrogen (secondary N) is 1. The highest BCUT2D eigenvalue weighted by Gasteiger charge is 2.29. The quantitative estimate of drug-likeness (QED) is 0.204. The van der Waals surface area contributed by atoms with E-state index in [0.29, 0.717) is 5.02 Å². The fraction of sp³-hybridized carbons (Fsp3) is 0. The largest absolute Gasteiger partial charge is 0.436 e. The van der Waals surface area contributed by atoms with Gasteiger partial charge in [-0.25, -0.2) is 26.9 Å². The molecule has 0 aliphatic carbocycles. The third-order valence-corrected chi connectivity index (χ3v) is 4.79. The first-order valence-corrected chi connectivity index (χ1v) is 9.11. The summed E-state index contributed by atoms with van der Waals surface area (Å²) in [4.78, 5) is 16.2. The summed E-state index contributed by atoms with van der Waals surface area (Å²) in [5.41, 5.74) is -0.972. The zero-order valence-electron chi connectivity index (χ0n) is 14.9. The minimum absolute atomic E-state index is 0.000977. The zero-order chi connectivity index (χ0) is 22.4. The molecule has 0 radical (unpaired) electrons. The molecule has 0 unspecified atom stereocenters. The maximum Gasteiger partial charge on any atom is 0.257 e. The van der Waals surface area contributed by atoms with E-state index in [-0.39, 0.29) is 27.4 Å². The average molecular weight is 473 g/mol. The highest BCUT2D eigenvalue weighted by molar-refractivity contribution is 6.37. The van der Waals surface area contributed by atoms with Crippen LogP contribution in [0.5, 0.6) is 0 Å². The normalized spacial score (nSPS) is 11.2. The van der Waals surface area contributed by atoms with Gasteiger partial charge in [-0.05, 0) is 36.4 Å². The number of nitrogens with zero attached hydrogens (tertiary/aromatic N) is 1. The number of rotatable bonds is 3. The number of amides is 1. The first-order chi connectivity index (χ1) is 14.7. The lowest BCUT2D eigenvalue weighted by Crippen LogP contribution is -2.12. The van der Waals surface area contributed by atoms with Gasteiger partial charge in [0.15, 0.2) is 28.9 Å². The van der Waals surface area contributed by atoms with Gasteiger partial charge in [0.05, 0.1) is 10.6 Å². The molecule has 1 amide bonds. The third-order valence-electron chi connectivity index (χ3n) is 4.24. The van der Waals surface area contributed by atoms with E-state index in [0.717, 1.165) is 0 Å². The number of carbonyl (C=O) groups excluding carboxylic acids is 1. The second kappa shape index (κ2) is 7.82. The van der Waals surface area contributed by atoms with Crippen molar-refractivity contribution >= 4 is 45.9 Å². The molecule has 4 nitrogen and oxygen atoms in total. The summed E-state index contributed by atoms with van der Waals surface area (Å²) >= 11 is 11.8. The molecule has 0 saturated heterocycles. The SMILES string of the molecule is O=C(Nc1ccc2oc(-c3c(F)c(F)c(F)c(F)c3F)nc2c1)c1ccc(Cl)cc1Cl. The molecule has 4 rings (SSSR count). The number of hydrogen-bond donors (Lipinski definition) is 1. The Hall–Kier alpha value is -3.17. The molecule has 158 valence electrons. The summed E-state index contributed by atoms with van der Waals surface area (Å²) in [6, 6.07) is 8.25. The minimum Gasteiger partial charge on any atom is -0.436 e. The Labute approximate surface area is 180 Å². The topological polar surface area (TPSA) is 55.1 Å². The van der Waals surface area contributed by atoms with E-state index < -0.39 is 46.4 Å². The van der Waals surface area contributed by atoms with Crippen LogP contribution >= 0.6 is 23.2 Å². The third kappa shape index (κ3) is 3.70. The van der Waals surface area contributed by atoms with Crippen LogP contribution in [-0.2, 0) is 0 Å². The van der Waals surface area contributed by atoms with Gasteiger partial charge in [0, 0.05) is 10.7 Å². The van der Waals surface area contributed by atoms with Crippen molar-refractivity contribution in [2.24, 2.45) is 0 Å². The van der Waals surface area contributed by atoms with Crippen molar-refractivity contribution in [2.75, 3.05) is 5.32 Å². The van der Waals surface area contributed by atoms with Crippen LogP contribution in [0.1, 0.15) is 10.4 Å². The number of oxazole rings is 1. The molecule has 0 fully saturated rings. The van der Waals surface area contributed by atoms with Gasteiger partial charge in [0.25, 0.3) is 5.91 Å². The number of halogens is 7. The Kier molecular flexibility index (Phi) is 5.32. The van der Waals surface area contributed by atoms with Crippen LogP contribution in [0, 0.1) is 29.1 Å². The van der Waals surface area contributed by atoms with Crippen LogP contribution in [0.2, 0.25) is 10.0 Å². The first-order valence-electron chi connectivity index (χ1n) is 8.36. The summed E-state index contributed by atoms with van der Waals surface area (Å²) in [6.45, 7) is 0. The molecule has 4 aromatic rings. The summed E-state index contributed by atoms with van der Waals surface area (Å²) in [5, 5.41) is 2.99. The molecule has 1 aromatic heterocycles. The maximum atomic E-state index is 14.0. The number of fused-ring (bicyclic) bond motifs is 1. The second-order valence-corrected chi connectivity index (χ2v) is 7.07. The highest BCUT2D eigenvalue weighted by Crippen LogP contribution is 2.33. The van der Waals surface area contributed by atoms with Gasteiger partial charge in [-0.15, -0.1) is 0 Å². The molecule has 0 spiro atoms. The van der Waals surface area contributed by atoms with Gasteiger partial charge in [0.1, 0.15) is 11.1 Å². The molecular formula is C20H7Cl2F5N2O2. The Balaban J connectivity index is 1.71. The molecule has 3 aromatic carbocycles. The molecule has 1 N–H and O–H groups in total. The van der Waals surface area contributed by atoms with E-state index in [1.807, 2.05) is 0 Å². The standard InChI is InChI=1S/C20H7Cl2F5N2O2/c21-7-1-3-9(10(22)5-7)19(30)28-8-2-4-12-11(6-8)29-20(31-12)13-14(23)16(25)18(27)17(26)15(13)24/h1-6H,(H,28,30). The number of benzene rings is 3. The van der Waals surface area contributed by atoms with E-state index in [2.05, 4.69) is 10.3 Å². The van der Waals surface area contributed by atoms with Gasteiger partial charge in [-0.2, -0.15) is 0 Å². The number of anilines is 1. The van der Waals surface area contributed by atoms with Crippen LogP contribution in [0.3, 0.4) is 0 Å². The van der Waals surface area contributed by atoms with Crippen molar-refractivity contribution in [3.8, 4) is 11.5 Å². The van der Waals surface area contributed by atoms with E-state index in [1.54, 1.807) is 0 Å². The van der Waals surface area contributed by atoms with E-state index >= 15 is 0 Å². The monoisotopic (exact) mass is 472 g/mol. The lowest BCUT2D eigenvalue weighted by atomic mass is 10.1. The number of hydrogen-bond acceptors (Lipinski definition) is 3. The summed E-state index contributed by atoms with van der Waals surface area (Å²) in [7, 11) is 0. The summed E-state index contributed by atoms with van der Waals surface area (Å²) in [5.74, 6) is -12.1. The second-order valence-electron chi connectivity index (χ2n) is 6.22. The number of carbonyl (C=O) groups is 1. The van der Waals surface area contributed by atoms with Crippen molar-refractivity contribution in [3.05, 3.63) is 81.1 Å².